The first-order valence-electron chi connectivity index (χ1n) is 8.91. The van der Waals surface area contributed by atoms with Gasteiger partial charge in [-0.1, -0.05) is 26.0 Å². The van der Waals surface area contributed by atoms with Gasteiger partial charge in [0.15, 0.2) is 0 Å². The molecule has 1 aromatic rings. The summed E-state index contributed by atoms with van der Waals surface area (Å²) in [6, 6.07) is 5.33. The molecule has 2 amide bonds. The van der Waals surface area contributed by atoms with Crippen LogP contribution in [-0.4, -0.2) is 59.0 Å². The number of primary amides is 1. The Kier molecular flexibility index (Phi) is 9.10. The van der Waals surface area contributed by atoms with E-state index in [1.807, 2.05) is 13.8 Å². The van der Waals surface area contributed by atoms with Gasteiger partial charge in [-0.15, -0.1) is 0 Å². The van der Waals surface area contributed by atoms with Gasteiger partial charge in [-0.2, -0.15) is 0 Å². The van der Waals surface area contributed by atoms with Gasteiger partial charge in [-0.3, -0.25) is 19.5 Å². The van der Waals surface area contributed by atoms with Crippen LogP contribution in [0.5, 0.6) is 5.75 Å². The number of ether oxygens (including phenoxy) is 1. The van der Waals surface area contributed by atoms with Crippen molar-refractivity contribution < 1.29 is 28.7 Å². The number of carbonyl (C=O) groups excluding carboxylic acids is 2. The predicted molar refractivity (Wildman–Crippen MR) is 106 cm³/mol. The molecule has 0 heterocycles. The molecular formula is C18H30N3O6P. The van der Waals surface area contributed by atoms with Crippen molar-refractivity contribution in [2.24, 2.45) is 11.7 Å². The molecule has 158 valence electrons. The molecule has 0 saturated heterocycles. The van der Waals surface area contributed by atoms with Crippen LogP contribution in [0, 0.1) is 5.92 Å². The highest BCUT2D eigenvalue weighted by Crippen LogP contribution is 2.32. The molecule has 0 fully saturated rings. The third-order valence-corrected chi connectivity index (χ3v) is 4.88. The van der Waals surface area contributed by atoms with Crippen molar-refractivity contribution in [1.82, 2.24) is 10.2 Å². The topological polar surface area (TPSA) is 142 Å². The van der Waals surface area contributed by atoms with Gasteiger partial charge in [-0.05, 0) is 30.0 Å². The van der Waals surface area contributed by atoms with Crippen LogP contribution in [0.15, 0.2) is 24.3 Å². The Morgan fingerprint density at radius 3 is 2.25 bits per heavy atom. The van der Waals surface area contributed by atoms with E-state index in [1.165, 1.54) is 11.9 Å². The average molecular weight is 415 g/mol. The zero-order chi connectivity index (χ0) is 21.5. The number of methoxy groups -OCH3 is 1. The third-order valence-electron chi connectivity index (χ3n) is 4.28. The molecule has 0 spiro atoms. The van der Waals surface area contributed by atoms with Gasteiger partial charge in [0.1, 0.15) is 11.8 Å². The van der Waals surface area contributed by atoms with Crippen LogP contribution in [0.4, 0.5) is 0 Å². The number of hydrogen-bond acceptors (Lipinski definition) is 5. The second-order valence-corrected chi connectivity index (χ2v) is 8.77. The summed E-state index contributed by atoms with van der Waals surface area (Å²) in [6.45, 7) is 3.78. The first kappa shape index (κ1) is 24.1. The van der Waals surface area contributed by atoms with E-state index in [4.69, 9.17) is 20.3 Å². The van der Waals surface area contributed by atoms with E-state index >= 15 is 0 Å². The molecule has 10 heteroatoms. The van der Waals surface area contributed by atoms with Crippen LogP contribution >= 0.6 is 7.60 Å². The predicted octanol–water partition coefficient (Wildman–Crippen LogP) is 0.690. The van der Waals surface area contributed by atoms with Crippen LogP contribution in [0.1, 0.15) is 25.8 Å². The van der Waals surface area contributed by atoms with Gasteiger partial charge in [0.05, 0.1) is 19.4 Å². The monoisotopic (exact) mass is 415 g/mol. The minimum Gasteiger partial charge on any atom is -0.497 e. The number of nitrogens with zero attached hydrogens (tertiary/aromatic N) is 1. The summed E-state index contributed by atoms with van der Waals surface area (Å²) >= 11 is 0. The van der Waals surface area contributed by atoms with E-state index in [0.717, 1.165) is 5.56 Å². The summed E-state index contributed by atoms with van der Waals surface area (Å²) in [5, 5.41) is 2.62. The molecule has 0 radical (unpaired) electrons. The van der Waals surface area contributed by atoms with E-state index in [1.54, 1.807) is 31.4 Å². The Morgan fingerprint density at radius 2 is 1.82 bits per heavy atom. The SMILES string of the molecule is COc1ccc(C[C@@H](C(N)=O)N(C)C(=O)C(CC(C)C)NCP(=O)(O)O)cc1. The van der Waals surface area contributed by atoms with Gasteiger partial charge in [-0.25, -0.2) is 0 Å². The fourth-order valence-electron chi connectivity index (χ4n) is 2.78. The number of likely N-dealkylation sites (N-methyl/N-ethyl adjacent to an activating group) is 1. The van der Waals surface area contributed by atoms with Gasteiger partial charge in [0, 0.05) is 13.5 Å². The third kappa shape index (κ3) is 7.98. The van der Waals surface area contributed by atoms with Crippen molar-refractivity contribution in [2.75, 3.05) is 20.4 Å². The van der Waals surface area contributed by atoms with Crippen molar-refractivity contribution in [3.8, 4) is 5.75 Å². The number of carbonyl (C=O) groups is 2. The zero-order valence-corrected chi connectivity index (χ0v) is 17.6. The Bertz CT molecular complexity index is 704. The zero-order valence-electron chi connectivity index (χ0n) is 16.7. The van der Waals surface area contributed by atoms with E-state index in [9.17, 15) is 14.2 Å². The van der Waals surface area contributed by atoms with E-state index in [-0.39, 0.29) is 12.3 Å². The number of nitrogens with two attached hydrogens (primary N) is 1. The maximum atomic E-state index is 12.9. The second-order valence-electron chi connectivity index (χ2n) is 7.13. The number of hydrogen-bond donors (Lipinski definition) is 4. The van der Waals surface area contributed by atoms with E-state index in [2.05, 4.69) is 5.32 Å². The summed E-state index contributed by atoms with van der Waals surface area (Å²) in [4.78, 5) is 44.3. The maximum Gasteiger partial charge on any atom is 0.339 e. The number of rotatable bonds is 11. The lowest BCUT2D eigenvalue weighted by atomic mass is 10.00. The molecule has 0 bridgehead atoms. The Labute approximate surface area is 165 Å². The van der Waals surface area contributed by atoms with Crippen molar-refractivity contribution >= 4 is 19.4 Å². The van der Waals surface area contributed by atoms with Gasteiger partial charge >= 0.3 is 7.60 Å². The van der Waals surface area contributed by atoms with Crippen LogP contribution < -0.4 is 15.8 Å². The molecule has 1 aromatic carbocycles. The molecule has 0 aliphatic carbocycles. The molecule has 1 rings (SSSR count). The fraction of sp³-hybridized carbons (Fsp3) is 0.556. The normalized spacial score (nSPS) is 13.8. The average Bonchev–Trinajstić information content (AvgIpc) is 2.61. The molecule has 2 atom stereocenters. The molecule has 1 unspecified atom stereocenters. The highest BCUT2D eigenvalue weighted by molar-refractivity contribution is 7.51. The lowest BCUT2D eigenvalue weighted by Crippen LogP contribution is -2.53. The molecular weight excluding hydrogens is 385 g/mol. The van der Waals surface area contributed by atoms with Crippen molar-refractivity contribution in [2.45, 2.75) is 38.8 Å². The lowest BCUT2D eigenvalue weighted by molar-refractivity contribution is -0.139. The lowest BCUT2D eigenvalue weighted by Gasteiger charge is -2.30. The summed E-state index contributed by atoms with van der Waals surface area (Å²) in [5.41, 5.74) is 6.32. The molecule has 9 nitrogen and oxygen atoms in total. The quantitative estimate of drug-likeness (QED) is 0.390. The van der Waals surface area contributed by atoms with Crippen LogP contribution in [0.25, 0.3) is 0 Å². The Morgan fingerprint density at radius 1 is 1.25 bits per heavy atom. The smallest absolute Gasteiger partial charge is 0.339 e. The highest BCUT2D eigenvalue weighted by Gasteiger charge is 2.31. The Balaban J connectivity index is 2.96. The van der Waals surface area contributed by atoms with Gasteiger partial charge < -0.3 is 25.2 Å². The molecule has 0 aromatic heterocycles. The first-order valence-corrected chi connectivity index (χ1v) is 10.7. The number of benzene rings is 1. The first-order chi connectivity index (χ1) is 12.9. The molecule has 28 heavy (non-hydrogen) atoms. The van der Waals surface area contributed by atoms with Crippen molar-refractivity contribution in [3.05, 3.63) is 29.8 Å². The maximum absolute atomic E-state index is 12.9. The van der Waals surface area contributed by atoms with Gasteiger partial charge in [0.25, 0.3) is 0 Å². The van der Waals surface area contributed by atoms with Gasteiger partial charge in [0.2, 0.25) is 11.8 Å². The van der Waals surface area contributed by atoms with Crippen molar-refractivity contribution in [3.63, 3.8) is 0 Å². The van der Waals surface area contributed by atoms with Crippen LogP contribution in [0.3, 0.4) is 0 Å². The standard InChI is InChI=1S/C18H30N3O6P/c1-12(2)9-15(20-11-28(24,25)26)18(23)21(3)16(17(19)22)10-13-5-7-14(27-4)8-6-13/h5-8,12,15-16,20H,9-11H2,1-4H3,(H2,19,22)(H2,24,25,26)/t15?,16-/m0/s1. The number of amides is 2. The van der Waals surface area contributed by atoms with Crippen LogP contribution in [-0.2, 0) is 20.6 Å². The summed E-state index contributed by atoms with van der Waals surface area (Å²) in [6.07, 6.45) is -0.0463. The van der Waals surface area contributed by atoms with Crippen molar-refractivity contribution in [1.29, 1.82) is 0 Å². The minimum absolute atomic E-state index is 0.0974. The minimum atomic E-state index is -4.32. The second kappa shape index (κ2) is 10.6. The van der Waals surface area contributed by atoms with Crippen LogP contribution in [0.2, 0.25) is 0 Å². The highest BCUT2D eigenvalue weighted by atomic mass is 31.2. The Hall–Kier alpha value is -1.93. The number of nitrogens with one attached hydrogen (secondary N) is 1. The summed E-state index contributed by atoms with van der Waals surface area (Å²) in [7, 11) is -1.31. The largest absolute Gasteiger partial charge is 0.497 e. The fourth-order valence-corrected chi connectivity index (χ4v) is 3.24. The molecule has 5 N–H and O–H groups in total. The molecule has 0 saturated carbocycles. The summed E-state index contributed by atoms with van der Waals surface area (Å²) < 4.78 is 16.3. The van der Waals surface area contributed by atoms with E-state index in [0.29, 0.717) is 12.2 Å². The van der Waals surface area contributed by atoms with E-state index < -0.39 is 37.8 Å². The molecule has 0 aliphatic heterocycles. The molecule has 0 aliphatic rings. The summed E-state index contributed by atoms with van der Waals surface area (Å²) in [5.74, 6) is -0.341.